The van der Waals surface area contributed by atoms with Crippen LogP contribution < -0.4 is 9.47 Å². The van der Waals surface area contributed by atoms with Gasteiger partial charge in [0.2, 0.25) is 0 Å². The molecule has 2 N–H and O–H groups in total. The Kier molecular flexibility index (Phi) is 6.31. The Bertz CT molecular complexity index is 1180. The van der Waals surface area contributed by atoms with Gasteiger partial charge >= 0.3 is 5.97 Å². The normalized spacial score (nSPS) is 11.7. The maximum atomic E-state index is 12.0. The lowest BCUT2D eigenvalue weighted by Crippen LogP contribution is -2.15. The van der Waals surface area contributed by atoms with Crippen LogP contribution in [0.4, 0.5) is 0 Å². The fraction of sp³-hybridized carbons (Fsp3) is 0.154. The van der Waals surface area contributed by atoms with E-state index in [0.29, 0.717) is 11.3 Å². The van der Waals surface area contributed by atoms with Crippen molar-refractivity contribution in [2.75, 3.05) is 14.2 Å². The van der Waals surface area contributed by atoms with E-state index >= 15 is 0 Å². The number of carboxylic acid groups (broad SMARTS) is 1. The van der Waals surface area contributed by atoms with Crippen molar-refractivity contribution in [1.29, 1.82) is 0 Å². The Morgan fingerprint density at radius 3 is 2.15 bits per heavy atom. The van der Waals surface area contributed by atoms with Crippen molar-refractivity contribution < 1.29 is 24.5 Å². The topological polar surface area (TPSA) is 93.8 Å². The van der Waals surface area contributed by atoms with Gasteiger partial charge in [-0.2, -0.15) is 5.10 Å². The molecule has 0 bridgehead atoms. The molecule has 0 saturated carbocycles. The van der Waals surface area contributed by atoms with Crippen LogP contribution in [0.15, 0.2) is 78.9 Å². The third kappa shape index (κ3) is 4.82. The van der Waals surface area contributed by atoms with E-state index in [1.807, 2.05) is 54.6 Å². The Hall–Kier alpha value is -4.26. The standard InChI is InChI=1S/C26H24N2O5/c1-32-22-10-6-17(7-11-22)25-16-19(27-28(25)20-8-12-23(33-2)13-9-20)15-24(26(30)31)18-4-3-5-21(29)14-18/h3-14,16,24,29H,15H2,1-2H3,(H,30,31). The molecule has 0 saturated heterocycles. The molecule has 4 rings (SSSR count). The zero-order valence-corrected chi connectivity index (χ0v) is 18.3. The molecule has 1 heterocycles. The maximum Gasteiger partial charge on any atom is 0.311 e. The second-order valence-electron chi connectivity index (χ2n) is 7.55. The molecule has 33 heavy (non-hydrogen) atoms. The largest absolute Gasteiger partial charge is 0.508 e. The summed E-state index contributed by atoms with van der Waals surface area (Å²) in [7, 11) is 3.22. The van der Waals surface area contributed by atoms with Crippen molar-refractivity contribution >= 4 is 5.97 Å². The van der Waals surface area contributed by atoms with Gasteiger partial charge in [-0.05, 0) is 72.3 Å². The Morgan fingerprint density at radius 1 is 0.939 bits per heavy atom. The minimum atomic E-state index is -0.981. The van der Waals surface area contributed by atoms with Gasteiger partial charge in [0.15, 0.2) is 0 Å². The van der Waals surface area contributed by atoms with Gasteiger partial charge in [-0.25, -0.2) is 4.68 Å². The quantitative estimate of drug-likeness (QED) is 0.410. The number of benzene rings is 3. The lowest BCUT2D eigenvalue weighted by Gasteiger charge is -2.11. The van der Waals surface area contributed by atoms with Crippen molar-refractivity contribution in [3.63, 3.8) is 0 Å². The number of aromatic hydroxyl groups is 1. The zero-order valence-electron chi connectivity index (χ0n) is 18.3. The predicted molar refractivity (Wildman–Crippen MR) is 124 cm³/mol. The van der Waals surface area contributed by atoms with E-state index in [9.17, 15) is 15.0 Å². The minimum absolute atomic E-state index is 0.0291. The minimum Gasteiger partial charge on any atom is -0.508 e. The molecule has 0 radical (unpaired) electrons. The molecule has 7 nitrogen and oxygen atoms in total. The monoisotopic (exact) mass is 444 g/mol. The molecule has 3 aromatic carbocycles. The molecular weight excluding hydrogens is 420 g/mol. The molecule has 0 fully saturated rings. The number of carboxylic acids is 1. The lowest BCUT2D eigenvalue weighted by atomic mass is 9.94. The highest BCUT2D eigenvalue weighted by Crippen LogP contribution is 2.30. The van der Waals surface area contributed by atoms with Crippen LogP contribution in [0.1, 0.15) is 17.2 Å². The number of nitrogens with zero attached hydrogens (tertiary/aromatic N) is 2. The van der Waals surface area contributed by atoms with E-state index in [4.69, 9.17) is 14.6 Å². The predicted octanol–water partition coefficient (Wildman–Crippen LogP) is 4.67. The summed E-state index contributed by atoms with van der Waals surface area (Å²) in [6.45, 7) is 0. The Balaban J connectivity index is 1.76. The maximum absolute atomic E-state index is 12.0. The summed E-state index contributed by atoms with van der Waals surface area (Å²) < 4.78 is 12.3. The SMILES string of the molecule is COc1ccc(-c2cc(CC(C(=O)O)c3cccc(O)c3)nn2-c2ccc(OC)cc2)cc1. The second-order valence-corrected chi connectivity index (χ2v) is 7.55. The van der Waals surface area contributed by atoms with Gasteiger partial charge in [-0.1, -0.05) is 12.1 Å². The highest BCUT2D eigenvalue weighted by atomic mass is 16.5. The molecule has 1 atom stereocenters. The summed E-state index contributed by atoms with van der Waals surface area (Å²) in [5, 5.41) is 24.4. The fourth-order valence-corrected chi connectivity index (χ4v) is 3.72. The zero-order chi connectivity index (χ0) is 23.4. The first-order chi connectivity index (χ1) is 16.0. The third-order valence-corrected chi connectivity index (χ3v) is 5.45. The highest BCUT2D eigenvalue weighted by Gasteiger charge is 2.23. The summed E-state index contributed by atoms with van der Waals surface area (Å²) in [6, 6.07) is 23.3. The number of rotatable bonds is 8. The molecule has 0 spiro atoms. The first-order valence-electron chi connectivity index (χ1n) is 10.4. The second kappa shape index (κ2) is 9.48. The van der Waals surface area contributed by atoms with Crippen LogP contribution in [0.2, 0.25) is 0 Å². The summed E-state index contributed by atoms with van der Waals surface area (Å²) in [5.41, 5.74) is 3.68. The summed E-state index contributed by atoms with van der Waals surface area (Å²) in [4.78, 5) is 12.0. The number of methoxy groups -OCH3 is 2. The molecule has 7 heteroatoms. The van der Waals surface area contributed by atoms with Crippen molar-refractivity contribution in [1.82, 2.24) is 9.78 Å². The van der Waals surface area contributed by atoms with Gasteiger partial charge < -0.3 is 19.7 Å². The van der Waals surface area contributed by atoms with Gasteiger partial charge in [0, 0.05) is 12.0 Å². The molecule has 0 amide bonds. The number of ether oxygens (including phenoxy) is 2. The summed E-state index contributed by atoms with van der Waals surface area (Å²) in [5.74, 6) is -0.330. The molecule has 0 aliphatic carbocycles. The average Bonchev–Trinajstić information content (AvgIpc) is 3.26. The van der Waals surface area contributed by atoms with E-state index in [-0.39, 0.29) is 12.2 Å². The number of phenolic OH excluding ortho intramolecular Hbond substituents is 1. The van der Waals surface area contributed by atoms with Crippen LogP contribution in [-0.4, -0.2) is 40.2 Å². The number of hydrogen-bond donors (Lipinski definition) is 2. The van der Waals surface area contributed by atoms with Gasteiger partial charge in [0.05, 0.1) is 37.2 Å². The fourth-order valence-electron chi connectivity index (χ4n) is 3.72. The number of aromatic nitrogens is 2. The van der Waals surface area contributed by atoms with Crippen molar-refractivity contribution in [2.45, 2.75) is 12.3 Å². The van der Waals surface area contributed by atoms with E-state index in [1.54, 1.807) is 31.0 Å². The first kappa shape index (κ1) is 22.0. The Labute approximate surface area is 191 Å². The number of hydrogen-bond acceptors (Lipinski definition) is 5. The molecule has 4 aromatic rings. The van der Waals surface area contributed by atoms with Crippen LogP contribution in [0.5, 0.6) is 17.2 Å². The van der Waals surface area contributed by atoms with E-state index in [2.05, 4.69) is 0 Å². The van der Waals surface area contributed by atoms with Gasteiger partial charge in [-0.15, -0.1) is 0 Å². The van der Waals surface area contributed by atoms with Crippen molar-refractivity contribution in [3.05, 3.63) is 90.1 Å². The Morgan fingerprint density at radius 2 is 1.58 bits per heavy atom. The van der Waals surface area contributed by atoms with Crippen molar-refractivity contribution in [2.24, 2.45) is 0 Å². The molecular formula is C26H24N2O5. The van der Waals surface area contributed by atoms with Gasteiger partial charge in [-0.3, -0.25) is 4.79 Å². The molecule has 168 valence electrons. The molecule has 1 aromatic heterocycles. The van der Waals surface area contributed by atoms with Crippen LogP contribution in [0.3, 0.4) is 0 Å². The van der Waals surface area contributed by atoms with Crippen LogP contribution in [0.25, 0.3) is 16.9 Å². The van der Waals surface area contributed by atoms with E-state index in [0.717, 1.165) is 28.4 Å². The third-order valence-electron chi connectivity index (χ3n) is 5.45. The lowest BCUT2D eigenvalue weighted by molar-refractivity contribution is -0.138. The van der Waals surface area contributed by atoms with E-state index in [1.165, 1.54) is 12.1 Å². The molecule has 0 aliphatic heterocycles. The van der Waals surface area contributed by atoms with E-state index < -0.39 is 11.9 Å². The number of aliphatic carboxylic acids is 1. The highest BCUT2D eigenvalue weighted by molar-refractivity contribution is 5.77. The summed E-state index contributed by atoms with van der Waals surface area (Å²) >= 11 is 0. The van der Waals surface area contributed by atoms with Gasteiger partial charge in [0.1, 0.15) is 17.2 Å². The van der Waals surface area contributed by atoms with Crippen LogP contribution in [0, 0.1) is 0 Å². The van der Waals surface area contributed by atoms with Gasteiger partial charge in [0.25, 0.3) is 0 Å². The number of carbonyl (C=O) groups is 1. The first-order valence-corrected chi connectivity index (χ1v) is 10.4. The molecule has 1 unspecified atom stereocenters. The van der Waals surface area contributed by atoms with Crippen LogP contribution in [-0.2, 0) is 11.2 Å². The van der Waals surface area contributed by atoms with Crippen molar-refractivity contribution in [3.8, 4) is 34.2 Å². The average molecular weight is 444 g/mol. The molecule has 0 aliphatic rings. The summed E-state index contributed by atoms with van der Waals surface area (Å²) in [6.07, 6.45) is 0.172. The smallest absolute Gasteiger partial charge is 0.311 e. The van der Waals surface area contributed by atoms with Crippen LogP contribution >= 0.6 is 0 Å². The number of phenols is 1.